The number of piperidine rings is 2. The van der Waals surface area contributed by atoms with E-state index in [1.807, 2.05) is 25.1 Å². The predicted molar refractivity (Wildman–Crippen MR) is 161 cm³/mol. The zero-order valence-electron chi connectivity index (χ0n) is 24.5. The second-order valence-corrected chi connectivity index (χ2v) is 11.8. The molecule has 2 saturated heterocycles. The Morgan fingerprint density at radius 1 is 0.953 bits per heavy atom. The van der Waals surface area contributed by atoms with Gasteiger partial charge in [-0.05, 0) is 100.0 Å². The minimum absolute atomic E-state index is 0.232. The van der Waals surface area contributed by atoms with Crippen molar-refractivity contribution in [3.8, 4) is 5.75 Å². The van der Waals surface area contributed by atoms with E-state index in [-0.39, 0.29) is 11.9 Å². The van der Waals surface area contributed by atoms with Crippen LogP contribution < -0.4 is 4.74 Å². The van der Waals surface area contributed by atoms with Crippen molar-refractivity contribution in [2.75, 3.05) is 32.7 Å². The maximum absolute atomic E-state index is 13.3. The number of likely N-dealkylation sites (tertiary alicyclic amines) is 2. The van der Waals surface area contributed by atoms with Crippen LogP contribution in [-0.4, -0.2) is 87.4 Å². The average molecular weight is 619 g/mol. The molecular formula is C32H40ClFN2O7. The smallest absolute Gasteiger partial charge is 0.328 e. The van der Waals surface area contributed by atoms with Gasteiger partial charge in [0.25, 0.3) is 0 Å². The fraction of sp³-hybridized carbons (Fsp3) is 0.469. The van der Waals surface area contributed by atoms with E-state index in [0.29, 0.717) is 24.5 Å². The molecule has 2 aliphatic heterocycles. The van der Waals surface area contributed by atoms with Crippen LogP contribution in [0.1, 0.15) is 43.7 Å². The summed E-state index contributed by atoms with van der Waals surface area (Å²) in [6.07, 6.45) is 5.72. The molecule has 3 N–H and O–H groups in total. The van der Waals surface area contributed by atoms with Crippen LogP contribution in [0.25, 0.3) is 0 Å². The first kappa shape index (κ1) is 34.0. The Kier molecular flexibility index (Phi) is 12.5. The molecule has 234 valence electrons. The summed E-state index contributed by atoms with van der Waals surface area (Å²) in [6, 6.07) is 11.9. The minimum Gasteiger partial charge on any atom is -0.490 e. The van der Waals surface area contributed by atoms with Crippen molar-refractivity contribution in [3.63, 3.8) is 0 Å². The van der Waals surface area contributed by atoms with Crippen LogP contribution in [0.4, 0.5) is 4.39 Å². The molecule has 0 aromatic heterocycles. The summed E-state index contributed by atoms with van der Waals surface area (Å²) in [5.74, 6) is -2.14. The van der Waals surface area contributed by atoms with E-state index in [4.69, 9.17) is 26.6 Å². The van der Waals surface area contributed by atoms with Crippen molar-refractivity contribution in [2.45, 2.75) is 57.6 Å². The fourth-order valence-electron chi connectivity index (χ4n) is 5.57. The first-order chi connectivity index (χ1) is 20.4. The molecule has 2 fully saturated rings. The lowest BCUT2D eigenvalue weighted by molar-refractivity contribution is -0.151. The van der Waals surface area contributed by atoms with Crippen molar-refractivity contribution < 1.29 is 38.8 Å². The van der Waals surface area contributed by atoms with Gasteiger partial charge in [0, 0.05) is 43.2 Å². The molecule has 0 spiro atoms. The lowest BCUT2D eigenvalue weighted by Gasteiger charge is -2.43. The van der Waals surface area contributed by atoms with Gasteiger partial charge in [0.1, 0.15) is 23.2 Å². The third-order valence-electron chi connectivity index (χ3n) is 8.08. The van der Waals surface area contributed by atoms with E-state index in [2.05, 4.69) is 9.80 Å². The van der Waals surface area contributed by atoms with Crippen LogP contribution in [-0.2, 0) is 20.8 Å². The number of nitrogens with zero attached hydrogens (tertiary/aromatic N) is 2. The van der Waals surface area contributed by atoms with Gasteiger partial charge in [0.2, 0.25) is 0 Å². The number of rotatable bonds is 10. The highest BCUT2D eigenvalue weighted by Crippen LogP contribution is 2.30. The van der Waals surface area contributed by atoms with Crippen molar-refractivity contribution in [1.29, 1.82) is 0 Å². The maximum atomic E-state index is 13.3. The monoisotopic (exact) mass is 618 g/mol. The van der Waals surface area contributed by atoms with E-state index >= 15 is 0 Å². The van der Waals surface area contributed by atoms with Crippen LogP contribution in [0.15, 0.2) is 54.6 Å². The Morgan fingerprint density at radius 2 is 1.53 bits per heavy atom. The van der Waals surface area contributed by atoms with Crippen molar-refractivity contribution in [3.05, 3.63) is 76.6 Å². The number of carboxylic acid groups (broad SMARTS) is 3. The lowest BCUT2D eigenvalue weighted by Crippen LogP contribution is -2.57. The molecule has 2 aliphatic rings. The largest absolute Gasteiger partial charge is 0.490 e. The summed E-state index contributed by atoms with van der Waals surface area (Å²) in [6.45, 7) is 8.46. The number of aryl methyl sites for hydroxylation is 1. The zero-order chi connectivity index (χ0) is 31.6. The van der Waals surface area contributed by atoms with Crippen LogP contribution >= 0.6 is 11.6 Å². The fourth-order valence-corrected chi connectivity index (χ4v) is 5.80. The van der Waals surface area contributed by atoms with Crippen LogP contribution in [0.3, 0.4) is 0 Å². The molecule has 2 heterocycles. The summed E-state index contributed by atoms with van der Waals surface area (Å²) in [5.41, 5.74) is 0.926. The van der Waals surface area contributed by atoms with Gasteiger partial charge in [0.05, 0.1) is 0 Å². The van der Waals surface area contributed by atoms with E-state index in [0.717, 1.165) is 80.3 Å². The van der Waals surface area contributed by atoms with E-state index in [9.17, 15) is 23.9 Å². The lowest BCUT2D eigenvalue weighted by atomic mass is 9.86. The van der Waals surface area contributed by atoms with Gasteiger partial charge in [-0.15, -0.1) is 0 Å². The van der Waals surface area contributed by atoms with Crippen LogP contribution in [0, 0.1) is 18.7 Å². The molecule has 43 heavy (non-hydrogen) atoms. The highest BCUT2D eigenvalue weighted by atomic mass is 35.5. The number of benzene rings is 2. The first-order valence-electron chi connectivity index (χ1n) is 14.4. The van der Waals surface area contributed by atoms with Crippen molar-refractivity contribution in [2.24, 2.45) is 5.92 Å². The molecule has 4 rings (SSSR count). The normalized spacial score (nSPS) is 18.4. The second kappa shape index (κ2) is 15.8. The van der Waals surface area contributed by atoms with Gasteiger partial charge in [-0.1, -0.05) is 23.7 Å². The molecule has 0 amide bonds. The number of ether oxygens (including phenoxy) is 1. The molecule has 1 atom stereocenters. The van der Waals surface area contributed by atoms with E-state index in [1.54, 1.807) is 19.1 Å². The molecule has 0 saturated carbocycles. The summed E-state index contributed by atoms with van der Waals surface area (Å²) in [5, 5.41) is 26.4. The molecule has 0 unspecified atom stereocenters. The average Bonchev–Trinajstić information content (AvgIpc) is 2.96. The molecule has 9 nitrogen and oxygen atoms in total. The van der Waals surface area contributed by atoms with Crippen molar-refractivity contribution in [1.82, 2.24) is 9.80 Å². The Hall–Kier alpha value is -3.47. The highest BCUT2D eigenvalue weighted by molar-refractivity contribution is 6.30. The number of hydrogen-bond acceptors (Lipinski definition) is 6. The van der Waals surface area contributed by atoms with Gasteiger partial charge in [-0.2, -0.15) is 0 Å². The predicted octanol–water partition coefficient (Wildman–Crippen LogP) is 5.14. The maximum Gasteiger partial charge on any atom is 0.328 e. The molecule has 0 bridgehead atoms. The van der Waals surface area contributed by atoms with Gasteiger partial charge in [-0.3, -0.25) is 9.69 Å². The van der Waals surface area contributed by atoms with Crippen LogP contribution in [0.2, 0.25) is 5.02 Å². The quantitative estimate of drug-likeness (QED) is 0.310. The standard InChI is InChI=1S/C28H36ClFN2O3.C4H4O4/c1-20-17-23(29)5-8-26(20)35-25-11-13-31(14-12-25)19-22-9-15-32(16-10-22)28(2,27(33)34)18-21-3-6-24(30)7-4-21;5-3(6)1-2-4(7)8/h3-8,17,22,25H,9-16,18-19H2,1-2H3,(H,33,34);1-2H,(H,5,6)(H,7,8)/b;2-1+/t28-;/m0./s1. The summed E-state index contributed by atoms with van der Waals surface area (Å²) in [4.78, 5) is 36.0. The number of aliphatic carboxylic acids is 3. The Labute approximate surface area is 256 Å². The molecular weight excluding hydrogens is 579 g/mol. The van der Waals surface area contributed by atoms with E-state index in [1.165, 1.54) is 12.1 Å². The third kappa shape index (κ3) is 10.6. The Balaban J connectivity index is 0.000000557. The SMILES string of the molecule is Cc1cc(Cl)ccc1OC1CCN(CC2CCN([C@@](C)(Cc3ccc(F)cc3)C(=O)O)CC2)CC1.O=C(O)/C=C/C(=O)O. The molecule has 11 heteroatoms. The first-order valence-corrected chi connectivity index (χ1v) is 14.8. The minimum atomic E-state index is -1.26. The molecule has 2 aromatic rings. The number of carbonyl (C=O) groups is 3. The summed E-state index contributed by atoms with van der Waals surface area (Å²) < 4.78 is 19.5. The van der Waals surface area contributed by atoms with Gasteiger partial charge in [-0.25, -0.2) is 14.0 Å². The van der Waals surface area contributed by atoms with Crippen LogP contribution in [0.5, 0.6) is 5.75 Å². The number of carboxylic acids is 3. The number of halogens is 2. The van der Waals surface area contributed by atoms with Crippen molar-refractivity contribution >= 4 is 29.5 Å². The highest BCUT2D eigenvalue weighted by Gasteiger charge is 2.41. The zero-order valence-corrected chi connectivity index (χ0v) is 25.3. The van der Waals surface area contributed by atoms with E-state index < -0.39 is 23.4 Å². The Bertz CT molecular complexity index is 1260. The molecule has 0 aliphatic carbocycles. The number of hydrogen-bond donors (Lipinski definition) is 3. The Morgan fingerprint density at radius 3 is 2.05 bits per heavy atom. The van der Waals surface area contributed by atoms with Gasteiger partial charge in [0.15, 0.2) is 0 Å². The summed E-state index contributed by atoms with van der Waals surface area (Å²) >= 11 is 6.06. The third-order valence-corrected chi connectivity index (χ3v) is 8.32. The molecule has 2 aromatic carbocycles. The summed E-state index contributed by atoms with van der Waals surface area (Å²) in [7, 11) is 0. The second-order valence-electron chi connectivity index (χ2n) is 11.4. The topological polar surface area (TPSA) is 128 Å². The molecule has 0 radical (unpaired) electrons. The van der Waals surface area contributed by atoms with Gasteiger partial charge >= 0.3 is 17.9 Å². The van der Waals surface area contributed by atoms with Gasteiger partial charge < -0.3 is 25.0 Å².